The molecule has 0 aromatic heterocycles. The number of hydrogen-bond acceptors (Lipinski definition) is 3. The Bertz CT molecular complexity index is 488. The quantitative estimate of drug-likeness (QED) is 0.544. The number of urea groups is 1. The number of nitrogens with one attached hydrogen (secondary N) is 2. The molecule has 26 heavy (non-hydrogen) atoms. The molecule has 0 fully saturated rings. The van der Waals surface area contributed by atoms with Gasteiger partial charge in [-0.3, -0.25) is 9.59 Å². The fourth-order valence-corrected chi connectivity index (χ4v) is 2.88. The highest BCUT2D eigenvalue weighted by Gasteiger charge is 2.34. The third-order valence-electron chi connectivity index (χ3n) is 4.31. The third-order valence-corrected chi connectivity index (χ3v) is 4.31. The first-order chi connectivity index (χ1) is 11.6. The zero-order valence-corrected chi connectivity index (χ0v) is 17.9. The summed E-state index contributed by atoms with van der Waals surface area (Å²) in [5, 5.41) is 5.50. The first-order valence-corrected chi connectivity index (χ1v) is 9.53. The van der Waals surface area contributed by atoms with Gasteiger partial charge in [0.05, 0.1) is 6.04 Å². The van der Waals surface area contributed by atoms with Crippen molar-refractivity contribution in [2.24, 2.45) is 28.4 Å². The topological polar surface area (TPSA) is 101 Å². The highest BCUT2D eigenvalue weighted by Crippen LogP contribution is 2.29. The van der Waals surface area contributed by atoms with Gasteiger partial charge in [0, 0.05) is 17.9 Å². The van der Waals surface area contributed by atoms with Crippen LogP contribution < -0.4 is 16.4 Å². The van der Waals surface area contributed by atoms with E-state index in [1.54, 1.807) is 0 Å². The average molecular weight is 370 g/mol. The molecule has 0 aliphatic rings. The van der Waals surface area contributed by atoms with Crippen molar-refractivity contribution < 1.29 is 14.4 Å². The van der Waals surface area contributed by atoms with Gasteiger partial charge in [-0.2, -0.15) is 0 Å². The number of ketones is 1. The zero-order valence-electron chi connectivity index (χ0n) is 17.9. The fourth-order valence-electron chi connectivity index (χ4n) is 2.88. The van der Waals surface area contributed by atoms with Crippen LogP contribution in [0.15, 0.2) is 0 Å². The number of Topliss-reactive ketones (excluding diaryl/α,β-unsaturated/α-hetero) is 1. The molecule has 6 nitrogen and oxygen atoms in total. The number of nitrogens with two attached hydrogens (primary N) is 1. The van der Waals surface area contributed by atoms with Crippen LogP contribution in [-0.4, -0.2) is 30.3 Å². The minimum absolute atomic E-state index is 0.00295. The largest absolute Gasteiger partial charge is 0.352 e. The molecule has 0 bridgehead atoms. The molecule has 0 aromatic rings. The molecule has 4 N–H and O–H groups in total. The van der Waals surface area contributed by atoms with E-state index in [2.05, 4.69) is 31.4 Å². The Morgan fingerprint density at radius 3 is 1.92 bits per heavy atom. The van der Waals surface area contributed by atoms with Crippen LogP contribution in [-0.2, 0) is 9.59 Å². The average Bonchev–Trinajstić information content (AvgIpc) is 2.44. The van der Waals surface area contributed by atoms with E-state index in [0.29, 0.717) is 19.4 Å². The Kier molecular flexibility index (Phi) is 9.32. The smallest absolute Gasteiger partial charge is 0.312 e. The van der Waals surface area contributed by atoms with E-state index in [1.807, 2.05) is 34.6 Å². The maximum Gasteiger partial charge on any atom is 0.312 e. The maximum absolute atomic E-state index is 12.9. The number of carbonyl (C=O) groups excluding carboxylic acids is 3. The number of hydrogen-bond donors (Lipinski definition) is 3. The van der Waals surface area contributed by atoms with Crippen LogP contribution in [0.3, 0.4) is 0 Å². The third kappa shape index (κ3) is 9.78. The highest BCUT2D eigenvalue weighted by atomic mass is 16.2. The molecule has 6 heteroatoms. The van der Waals surface area contributed by atoms with Crippen LogP contribution in [0.5, 0.6) is 0 Å². The van der Waals surface area contributed by atoms with Crippen molar-refractivity contribution in [3.63, 3.8) is 0 Å². The molecule has 0 saturated heterocycles. The van der Waals surface area contributed by atoms with Crippen molar-refractivity contribution in [1.82, 2.24) is 10.6 Å². The summed E-state index contributed by atoms with van der Waals surface area (Å²) in [4.78, 5) is 36.5. The van der Waals surface area contributed by atoms with Crippen LogP contribution in [0.2, 0.25) is 0 Å². The van der Waals surface area contributed by atoms with Gasteiger partial charge < -0.3 is 16.4 Å². The van der Waals surface area contributed by atoms with E-state index in [0.717, 1.165) is 6.42 Å². The summed E-state index contributed by atoms with van der Waals surface area (Å²) in [6.07, 6.45) is 1.81. The number of carbonyl (C=O) groups is 3. The van der Waals surface area contributed by atoms with Crippen LogP contribution in [0.25, 0.3) is 0 Å². The zero-order chi connectivity index (χ0) is 20.7. The summed E-state index contributed by atoms with van der Waals surface area (Å²) in [7, 11) is 0. The van der Waals surface area contributed by atoms with Crippen LogP contribution in [0.1, 0.15) is 74.7 Å². The second-order valence-electron chi connectivity index (χ2n) is 9.72. The van der Waals surface area contributed by atoms with Gasteiger partial charge in [0.15, 0.2) is 5.78 Å². The first-order valence-electron chi connectivity index (χ1n) is 9.53. The molecular weight excluding hydrogens is 330 g/mol. The van der Waals surface area contributed by atoms with Crippen LogP contribution in [0, 0.1) is 22.7 Å². The standard InChI is InChI=1S/C20H39N3O3/c1-13(2)14(12-19(3,4)5)17(25)23-15(16(24)20(6,7)8)10-9-11-22-18(21)26/h13-15H,9-12H2,1-8H3,(H,23,25)(H3,21,22,26). The van der Waals surface area contributed by atoms with E-state index in [-0.39, 0.29) is 28.9 Å². The number of primary amides is 1. The van der Waals surface area contributed by atoms with E-state index >= 15 is 0 Å². The van der Waals surface area contributed by atoms with Gasteiger partial charge in [0.25, 0.3) is 0 Å². The van der Waals surface area contributed by atoms with E-state index in [4.69, 9.17) is 5.73 Å². The summed E-state index contributed by atoms with van der Waals surface area (Å²) < 4.78 is 0. The monoisotopic (exact) mass is 369 g/mol. The predicted octanol–water partition coefficient (Wildman–Crippen LogP) is 3.24. The molecule has 0 saturated carbocycles. The second kappa shape index (κ2) is 9.93. The first kappa shape index (κ1) is 24.4. The molecule has 0 spiro atoms. The van der Waals surface area contributed by atoms with Crippen LogP contribution >= 0.6 is 0 Å². The summed E-state index contributed by atoms with van der Waals surface area (Å²) in [6.45, 7) is 16.4. The van der Waals surface area contributed by atoms with Crippen molar-refractivity contribution in [3.05, 3.63) is 0 Å². The van der Waals surface area contributed by atoms with Crippen molar-refractivity contribution in [2.45, 2.75) is 80.7 Å². The molecule has 2 atom stereocenters. The minimum Gasteiger partial charge on any atom is -0.352 e. The van der Waals surface area contributed by atoms with Crippen molar-refractivity contribution in [2.75, 3.05) is 6.54 Å². The summed E-state index contributed by atoms with van der Waals surface area (Å²) in [6, 6.07) is -1.14. The van der Waals surface area contributed by atoms with Crippen molar-refractivity contribution in [1.29, 1.82) is 0 Å². The molecule has 0 heterocycles. The summed E-state index contributed by atoms with van der Waals surface area (Å²) in [5.74, 6) is -0.0197. The van der Waals surface area contributed by atoms with Gasteiger partial charge in [-0.15, -0.1) is 0 Å². The van der Waals surface area contributed by atoms with Gasteiger partial charge in [0.2, 0.25) is 5.91 Å². The lowest BCUT2D eigenvalue weighted by Crippen LogP contribution is -2.49. The Balaban J connectivity index is 5.14. The van der Waals surface area contributed by atoms with E-state index < -0.39 is 17.5 Å². The normalized spacial score (nSPS) is 14.7. The Hall–Kier alpha value is -1.59. The Morgan fingerprint density at radius 1 is 1.00 bits per heavy atom. The lowest BCUT2D eigenvalue weighted by atomic mass is 9.78. The van der Waals surface area contributed by atoms with Gasteiger partial charge >= 0.3 is 6.03 Å². The van der Waals surface area contributed by atoms with E-state index in [9.17, 15) is 14.4 Å². The highest BCUT2D eigenvalue weighted by molar-refractivity contribution is 5.92. The summed E-state index contributed by atoms with van der Waals surface area (Å²) in [5.41, 5.74) is 4.54. The molecule has 0 aromatic carbocycles. The van der Waals surface area contributed by atoms with Gasteiger partial charge in [-0.05, 0) is 30.6 Å². The maximum atomic E-state index is 12.9. The number of rotatable bonds is 9. The molecule has 152 valence electrons. The lowest BCUT2D eigenvalue weighted by molar-refractivity contribution is -0.135. The molecule has 0 radical (unpaired) electrons. The van der Waals surface area contributed by atoms with Crippen molar-refractivity contribution >= 4 is 17.7 Å². The Labute approximate surface area is 159 Å². The predicted molar refractivity (Wildman–Crippen MR) is 106 cm³/mol. The van der Waals surface area contributed by atoms with E-state index in [1.165, 1.54) is 0 Å². The summed E-state index contributed by atoms with van der Waals surface area (Å²) >= 11 is 0. The molecule has 0 aliphatic carbocycles. The fraction of sp³-hybridized carbons (Fsp3) is 0.850. The minimum atomic E-state index is -0.585. The van der Waals surface area contributed by atoms with Crippen molar-refractivity contribution in [3.8, 4) is 0 Å². The second-order valence-corrected chi connectivity index (χ2v) is 9.72. The van der Waals surface area contributed by atoms with Gasteiger partial charge in [-0.1, -0.05) is 55.4 Å². The van der Waals surface area contributed by atoms with Crippen LogP contribution in [0.4, 0.5) is 4.79 Å². The lowest BCUT2D eigenvalue weighted by Gasteiger charge is -2.31. The van der Waals surface area contributed by atoms with Gasteiger partial charge in [0.1, 0.15) is 0 Å². The molecular formula is C20H39N3O3. The Morgan fingerprint density at radius 2 is 1.54 bits per heavy atom. The van der Waals surface area contributed by atoms with Gasteiger partial charge in [-0.25, -0.2) is 4.79 Å². The molecule has 3 amide bonds. The molecule has 2 unspecified atom stereocenters. The molecule has 0 aliphatic heterocycles. The SMILES string of the molecule is CC(C)C(CC(C)(C)C)C(=O)NC(CCCNC(N)=O)C(=O)C(C)(C)C. The molecule has 0 rings (SSSR count). The number of amides is 3.